The van der Waals surface area contributed by atoms with Crippen molar-refractivity contribution in [1.29, 1.82) is 5.26 Å². The van der Waals surface area contributed by atoms with Crippen LogP contribution in [0.15, 0.2) is 36.7 Å². The van der Waals surface area contributed by atoms with Gasteiger partial charge in [-0.05, 0) is 24.0 Å². The SMILES string of the molecule is N#Cc1nccnc1N1CCOC2(CCc3ccccc32)C1. The van der Waals surface area contributed by atoms with Crippen molar-refractivity contribution in [1.82, 2.24) is 9.97 Å². The van der Waals surface area contributed by atoms with Gasteiger partial charge >= 0.3 is 0 Å². The molecule has 2 heterocycles. The van der Waals surface area contributed by atoms with E-state index < -0.39 is 0 Å². The van der Waals surface area contributed by atoms with E-state index in [0.29, 0.717) is 18.1 Å². The van der Waals surface area contributed by atoms with Gasteiger partial charge in [-0.2, -0.15) is 5.26 Å². The molecule has 0 N–H and O–H groups in total. The number of nitriles is 1. The third-order valence-electron chi connectivity index (χ3n) is 4.58. The maximum absolute atomic E-state index is 9.25. The van der Waals surface area contributed by atoms with E-state index in [2.05, 4.69) is 45.2 Å². The number of nitrogens with zero attached hydrogens (tertiary/aromatic N) is 4. The summed E-state index contributed by atoms with van der Waals surface area (Å²) in [5.41, 5.74) is 2.75. The van der Waals surface area contributed by atoms with Crippen molar-refractivity contribution in [2.24, 2.45) is 0 Å². The molecule has 0 amide bonds. The van der Waals surface area contributed by atoms with Gasteiger partial charge in [-0.1, -0.05) is 24.3 Å². The summed E-state index contributed by atoms with van der Waals surface area (Å²) in [7, 11) is 0. The average Bonchev–Trinajstić information content (AvgIpc) is 2.93. The maximum Gasteiger partial charge on any atom is 0.183 e. The van der Waals surface area contributed by atoms with Gasteiger partial charge < -0.3 is 9.64 Å². The van der Waals surface area contributed by atoms with Crippen LogP contribution in [0.5, 0.6) is 0 Å². The predicted molar refractivity (Wildman–Crippen MR) is 81.4 cm³/mol. The lowest BCUT2D eigenvalue weighted by Gasteiger charge is -2.41. The lowest BCUT2D eigenvalue weighted by molar-refractivity contribution is -0.0594. The van der Waals surface area contributed by atoms with Crippen LogP contribution in [0.2, 0.25) is 0 Å². The summed E-state index contributed by atoms with van der Waals surface area (Å²) in [4.78, 5) is 10.6. The average molecular weight is 292 g/mol. The largest absolute Gasteiger partial charge is 0.367 e. The van der Waals surface area contributed by atoms with Gasteiger partial charge in [0.05, 0.1) is 13.2 Å². The highest BCUT2D eigenvalue weighted by Gasteiger charge is 2.43. The molecule has 1 atom stereocenters. The van der Waals surface area contributed by atoms with E-state index in [-0.39, 0.29) is 5.60 Å². The summed E-state index contributed by atoms with van der Waals surface area (Å²) in [6, 6.07) is 10.6. The summed E-state index contributed by atoms with van der Waals surface area (Å²) in [6.45, 7) is 2.09. The first-order valence-corrected chi connectivity index (χ1v) is 7.51. The summed E-state index contributed by atoms with van der Waals surface area (Å²) in [5, 5.41) is 9.25. The van der Waals surface area contributed by atoms with Gasteiger partial charge in [-0.3, -0.25) is 0 Å². The van der Waals surface area contributed by atoms with Gasteiger partial charge in [0.25, 0.3) is 0 Å². The Hall–Kier alpha value is -2.45. The summed E-state index contributed by atoms with van der Waals surface area (Å²) < 4.78 is 6.21. The smallest absolute Gasteiger partial charge is 0.183 e. The summed E-state index contributed by atoms with van der Waals surface area (Å²) >= 11 is 0. The third-order valence-corrected chi connectivity index (χ3v) is 4.58. The van der Waals surface area contributed by atoms with Crippen molar-refractivity contribution in [3.63, 3.8) is 0 Å². The Morgan fingerprint density at radius 2 is 2.09 bits per heavy atom. The molecule has 110 valence electrons. The molecule has 5 nitrogen and oxygen atoms in total. The number of benzene rings is 1. The van der Waals surface area contributed by atoms with Crippen molar-refractivity contribution in [3.8, 4) is 6.07 Å². The lowest BCUT2D eigenvalue weighted by Crippen LogP contribution is -2.49. The molecule has 4 rings (SSSR count). The number of morpholine rings is 1. The maximum atomic E-state index is 9.25. The second-order valence-corrected chi connectivity index (χ2v) is 5.76. The van der Waals surface area contributed by atoms with Gasteiger partial charge in [0.1, 0.15) is 11.7 Å². The zero-order chi connectivity index (χ0) is 15.0. The number of fused-ring (bicyclic) bond motifs is 2. The van der Waals surface area contributed by atoms with E-state index in [9.17, 15) is 5.26 Å². The predicted octanol–water partition coefficient (Wildman–Crippen LogP) is 2.03. The molecule has 1 aliphatic carbocycles. The van der Waals surface area contributed by atoms with Crippen molar-refractivity contribution >= 4 is 5.82 Å². The molecule has 22 heavy (non-hydrogen) atoms. The molecule has 1 aromatic heterocycles. The summed E-state index contributed by atoms with van der Waals surface area (Å²) in [5.74, 6) is 0.664. The first kappa shape index (κ1) is 13.2. The van der Waals surface area contributed by atoms with E-state index in [4.69, 9.17) is 4.74 Å². The van der Waals surface area contributed by atoms with Crippen LogP contribution in [0, 0.1) is 11.3 Å². The normalized spacial score (nSPS) is 23.3. The van der Waals surface area contributed by atoms with Crippen molar-refractivity contribution < 1.29 is 4.74 Å². The molecule has 0 radical (unpaired) electrons. The number of anilines is 1. The molecule has 1 fully saturated rings. The Morgan fingerprint density at radius 3 is 3.00 bits per heavy atom. The Balaban J connectivity index is 1.71. The fourth-order valence-electron chi connectivity index (χ4n) is 3.57. The Morgan fingerprint density at radius 1 is 1.23 bits per heavy atom. The van der Waals surface area contributed by atoms with E-state index in [1.54, 1.807) is 12.4 Å². The van der Waals surface area contributed by atoms with Crippen LogP contribution < -0.4 is 4.90 Å². The molecule has 1 unspecified atom stereocenters. The van der Waals surface area contributed by atoms with Crippen LogP contribution in [0.1, 0.15) is 23.2 Å². The Kier molecular flexibility index (Phi) is 3.05. The molecule has 5 heteroatoms. The zero-order valence-corrected chi connectivity index (χ0v) is 12.2. The zero-order valence-electron chi connectivity index (χ0n) is 12.2. The minimum absolute atomic E-state index is 0.279. The lowest BCUT2D eigenvalue weighted by atomic mass is 9.93. The first-order chi connectivity index (χ1) is 10.8. The van der Waals surface area contributed by atoms with Crippen LogP contribution in [0.25, 0.3) is 0 Å². The third kappa shape index (κ3) is 1.96. The quantitative estimate of drug-likeness (QED) is 0.804. The number of rotatable bonds is 1. The highest BCUT2D eigenvalue weighted by Crippen LogP contribution is 2.42. The summed E-state index contributed by atoms with van der Waals surface area (Å²) in [6.07, 6.45) is 5.21. The van der Waals surface area contributed by atoms with Crippen LogP contribution >= 0.6 is 0 Å². The van der Waals surface area contributed by atoms with Gasteiger partial charge in [0, 0.05) is 18.9 Å². The van der Waals surface area contributed by atoms with Crippen LogP contribution in [0.4, 0.5) is 5.82 Å². The highest BCUT2D eigenvalue weighted by molar-refractivity contribution is 5.51. The van der Waals surface area contributed by atoms with Crippen LogP contribution in [0.3, 0.4) is 0 Å². The monoisotopic (exact) mass is 292 g/mol. The van der Waals surface area contributed by atoms with E-state index >= 15 is 0 Å². The number of hydrogen-bond donors (Lipinski definition) is 0. The fraction of sp³-hybridized carbons (Fsp3) is 0.353. The van der Waals surface area contributed by atoms with Crippen LogP contribution in [-0.4, -0.2) is 29.7 Å². The van der Waals surface area contributed by atoms with Crippen LogP contribution in [-0.2, 0) is 16.8 Å². The molecule has 1 spiro atoms. The van der Waals surface area contributed by atoms with Gasteiger partial charge in [0.2, 0.25) is 0 Å². The number of ether oxygens (including phenoxy) is 1. The molecule has 0 bridgehead atoms. The van der Waals surface area contributed by atoms with Crippen molar-refractivity contribution in [3.05, 3.63) is 53.5 Å². The minimum Gasteiger partial charge on any atom is -0.367 e. The first-order valence-electron chi connectivity index (χ1n) is 7.51. The molecular weight excluding hydrogens is 276 g/mol. The van der Waals surface area contributed by atoms with E-state index in [1.807, 2.05) is 0 Å². The number of hydrogen-bond acceptors (Lipinski definition) is 5. The minimum atomic E-state index is -0.279. The van der Waals surface area contributed by atoms with Gasteiger partial charge in [-0.15, -0.1) is 0 Å². The molecule has 2 aromatic rings. The molecule has 1 aliphatic heterocycles. The Labute approximate surface area is 129 Å². The second-order valence-electron chi connectivity index (χ2n) is 5.76. The Bertz CT molecular complexity index is 750. The standard InChI is InChI=1S/C17H16N4O/c18-11-15-16(20-8-7-19-15)21-9-10-22-17(12-21)6-5-13-3-1-2-4-14(13)17/h1-4,7-8H,5-6,9-10,12H2. The molecule has 1 saturated heterocycles. The number of aromatic nitrogens is 2. The van der Waals surface area contributed by atoms with Crippen molar-refractivity contribution in [2.75, 3.05) is 24.6 Å². The molecule has 1 aromatic carbocycles. The van der Waals surface area contributed by atoms with E-state index in [1.165, 1.54) is 11.1 Å². The molecule has 2 aliphatic rings. The second kappa shape index (κ2) is 5.08. The fourth-order valence-corrected chi connectivity index (χ4v) is 3.57. The van der Waals surface area contributed by atoms with Crippen molar-refractivity contribution in [2.45, 2.75) is 18.4 Å². The molecule has 0 saturated carbocycles. The van der Waals surface area contributed by atoms with Gasteiger partial charge in [0.15, 0.2) is 11.5 Å². The highest BCUT2D eigenvalue weighted by atomic mass is 16.5. The van der Waals surface area contributed by atoms with Gasteiger partial charge in [-0.25, -0.2) is 9.97 Å². The molecular formula is C17H16N4O. The number of aryl methyl sites for hydroxylation is 1. The van der Waals surface area contributed by atoms with E-state index in [0.717, 1.165) is 25.9 Å². The topological polar surface area (TPSA) is 62.0 Å².